The second-order valence-electron chi connectivity index (χ2n) is 5.57. The van der Waals surface area contributed by atoms with Crippen molar-refractivity contribution in [2.24, 2.45) is 10.8 Å². The number of nitrogens with one attached hydrogen (secondary N) is 2. The van der Waals surface area contributed by atoms with Crippen LogP contribution < -0.4 is 25.9 Å². The van der Waals surface area contributed by atoms with E-state index in [1.807, 2.05) is 0 Å². The average Bonchev–Trinajstić information content (AvgIpc) is 2.72. The maximum absolute atomic E-state index is 11.9. The Kier molecular flexibility index (Phi) is 7.94. The molecule has 0 spiro atoms. The number of rotatable bonds is 9. The van der Waals surface area contributed by atoms with Gasteiger partial charge in [-0.05, 0) is 36.4 Å². The minimum absolute atomic E-state index is 0.295. The summed E-state index contributed by atoms with van der Waals surface area (Å²) in [6.07, 6.45) is 2.90. The van der Waals surface area contributed by atoms with Crippen LogP contribution in [-0.2, 0) is 14.4 Å². The van der Waals surface area contributed by atoms with Gasteiger partial charge in [0.2, 0.25) is 0 Å². The Morgan fingerprint density at radius 2 is 1.76 bits per heavy atom. The molecular formula is C20H20N4O5. The molecule has 150 valence electrons. The molecule has 4 N–H and O–H groups in total. The summed E-state index contributed by atoms with van der Waals surface area (Å²) in [6, 6.07) is 13.2. The van der Waals surface area contributed by atoms with Crippen LogP contribution >= 0.6 is 0 Å². The van der Waals surface area contributed by atoms with E-state index in [-0.39, 0.29) is 6.61 Å². The Labute approximate surface area is 167 Å². The lowest BCUT2D eigenvalue weighted by Crippen LogP contribution is -2.32. The van der Waals surface area contributed by atoms with Crippen LogP contribution in [0.1, 0.15) is 5.56 Å². The van der Waals surface area contributed by atoms with Crippen molar-refractivity contribution in [2.75, 3.05) is 18.5 Å². The highest BCUT2D eigenvalue weighted by Crippen LogP contribution is 2.16. The van der Waals surface area contributed by atoms with Crippen molar-refractivity contribution >= 4 is 29.6 Å². The van der Waals surface area contributed by atoms with E-state index in [2.05, 4.69) is 22.4 Å². The zero-order valence-corrected chi connectivity index (χ0v) is 15.5. The van der Waals surface area contributed by atoms with Crippen molar-refractivity contribution in [2.45, 2.75) is 0 Å². The van der Waals surface area contributed by atoms with Gasteiger partial charge in [-0.25, -0.2) is 5.43 Å². The SMILES string of the molecule is C=CCOc1ccc(NC(=O)C(=O)N/N=C\c2ccccc2OCC(N)=O)cc1. The molecule has 0 aliphatic heterocycles. The van der Waals surface area contributed by atoms with E-state index < -0.39 is 17.7 Å². The first-order valence-corrected chi connectivity index (χ1v) is 8.48. The van der Waals surface area contributed by atoms with Gasteiger partial charge in [-0.3, -0.25) is 14.4 Å². The van der Waals surface area contributed by atoms with E-state index in [1.165, 1.54) is 6.21 Å². The minimum atomic E-state index is -0.955. The molecule has 9 nitrogen and oxygen atoms in total. The lowest BCUT2D eigenvalue weighted by Gasteiger charge is -2.07. The maximum atomic E-state index is 11.9. The van der Waals surface area contributed by atoms with Gasteiger partial charge in [-0.15, -0.1) is 0 Å². The number of nitrogens with zero attached hydrogens (tertiary/aromatic N) is 1. The summed E-state index contributed by atoms with van der Waals surface area (Å²) in [5.41, 5.74) is 8.08. The summed E-state index contributed by atoms with van der Waals surface area (Å²) in [4.78, 5) is 34.6. The van der Waals surface area contributed by atoms with E-state index in [0.29, 0.717) is 29.4 Å². The number of carbonyl (C=O) groups is 3. The number of amides is 3. The Balaban J connectivity index is 1.89. The summed E-state index contributed by atoms with van der Waals surface area (Å²) in [7, 11) is 0. The number of carbonyl (C=O) groups excluding carboxylic acids is 3. The van der Waals surface area contributed by atoms with Crippen molar-refractivity contribution in [3.63, 3.8) is 0 Å². The van der Waals surface area contributed by atoms with Gasteiger partial charge in [-0.1, -0.05) is 24.8 Å². The summed E-state index contributed by atoms with van der Waals surface area (Å²) >= 11 is 0. The standard InChI is InChI=1S/C20H20N4O5/c1-2-11-28-16-9-7-15(8-10-16)23-19(26)20(27)24-22-12-14-5-3-4-6-17(14)29-13-18(21)25/h2-10,12H,1,11,13H2,(H2,21,25)(H,23,26)(H,24,27)/b22-12-. The third kappa shape index (κ3) is 7.18. The first-order chi connectivity index (χ1) is 14.0. The fourth-order valence-corrected chi connectivity index (χ4v) is 2.06. The van der Waals surface area contributed by atoms with E-state index in [9.17, 15) is 14.4 Å². The zero-order valence-electron chi connectivity index (χ0n) is 15.5. The minimum Gasteiger partial charge on any atom is -0.490 e. The van der Waals surface area contributed by atoms with Crippen LogP contribution in [0.5, 0.6) is 11.5 Å². The van der Waals surface area contributed by atoms with Crippen molar-refractivity contribution in [1.29, 1.82) is 0 Å². The van der Waals surface area contributed by atoms with Crippen LogP contribution in [-0.4, -0.2) is 37.1 Å². The van der Waals surface area contributed by atoms with Gasteiger partial charge < -0.3 is 20.5 Å². The number of nitrogens with two attached hydrogens (primary N) is 1. The molecule has 0 aromatic heterocycles. The van der Waals surface area contributed by atoms with Crippen LogP contribution in [0.15, 0.2) is 66.3 Å². The highest BCUT2D eigenvalue weighted by Gasteiger charge is 2.13. The molecule has 9 heteroatoms. The van der Waals surface area contributed by atoms with Crippen molar-refractivity contribution in [3.05, 3.63) is 66.7 Å². The topological polar surface area (TPSA) is 132 Å². The molecular weight excluding hydrogens is 376 g/mol. The second-order valence-corrected chi connectivity index (χ2v) is 5.57. The first kappa shape index (κ1) is 21.2. The smallest absolute Gasteiger partial charge is 0.329 e. The van der Waals surface area contributed by atoms with Gasteiger partial charge in [0, 0.05) is 11.3 Å². The van der Waals surface area contributed by atoms with Crippen LogP contribution in [0.25, 0.3) is 0 Å². The normalized spacial score (nSPS) is 10.2. The molecule has 0 radical (unpaired) electrons. The molecule has 0 unspecified atom stereocenters. The fraction of sp³-hybridized carbons (Fsp3) is 0.100. The highest BCUT2D eigenvalue weighted by molar-refractivity contribution is 6.39. The van der Waals surface area contributed by atoms with Crippen LogP contribution in [0.2, 0.25) is 0 Å². The van der Waals surface area contributed by atoms with Gasteiger partial charge >= 0.3 is 11.8 Å². The van der Waals surface area contributed by atoms with Crippen molar-refractivity contribution in [3.8, 4) is 11.5 Å². The number of hydrogen-bond donors (Lipinski definition) is 3. The molecule has 0 aliphatic carbocycles. The van der Waals surface area contributed by atoms with Crippen molar-refractivity contribution < 1.29 is 23.9 Å². The number of para-hydroxylation sites is 1. The Hall–Kier alpha value is -4.14. The summed E-state index contributed by atoms with van der Waals surface area (Å²) < 4.78 is 10.6. The molecule has 3 amide bonds. The van der Waals surface area contributed by atoms with Crippen LogP contribution in [0, 0.1) is 0 Å². The molecule has 0 fully saturated rings. The molecule has 0 atom stereocenters. The number of benzene rings is 2. The average molecular weight is 396 g/mol. The number of primary amides is 1. The molecule has 2 aromatic rings. The number of hydrazone groups is 1. The summed E-state index contributed by atoms with van der Waals surface area (Å²) in [6.45, 7) is 3.62. The Morgan fingerprint density at radius 1 is 1.03 bits per heavy atom. The molecule has 0 saturated carbocycles. The highest BCUT2D eigenvalue weighted by atomic mass is 16.5. The molecule has 2 rings (SSSR count). The zero-order chi connectivity index (χ0) is 21.1. The largest absolute Gasteiger partial charge is 0.490 e. The van der Waals surface area contributed by atoms with Crippen LogP contribution in [0.4, 0.5) is 5.69 Å². The van der Waals surface area contributed by atoms with Gasteiger partial charge in [0.15, 0.2) is 6.61 Å². The molecule has 29 heavy (non-hydrogen) atoms. The van der Waals surface area contributed by atoms with Crippen LogP contribution in [0.3, 0.4) is 0 Å². The van der Waals surface area contributed by atoms with E-state index in [0.717, 1.165) is 0 Å². The molecule has 2 aromatic carbocycles. The van der Waals surface area contributed by atoms with E-state index in [4.69, 9.17) is 15.2 Å². The predicted octanol–water partition coefficient (Wildman–Crippen LogP) is 1.20. The van der Waals surface area contributed by atoms with E-state index >= 15 is 0 Å². The molecule has 0 saturated heterocycles. The fourth-order valence-electron chi connectivity index (χ4n) is 2.06. The quantitative estimate of drug-likeness (QED) is 0.254. The first-order valence-electron chi connectivity index (χ1n) is 8.48. The lowest BCUT2D eigenvalue weighted by atomic mass is 10.2. The molecule has 0 bridgehead atoms. The Morgan fingerprint density at radius 3 is 2.45 bits per heavy atom. The monoisotopic (exact) mass is 396 g/mol. The third-order valence-corrected chi connectivity index (χ3v) is 3.34. The maximum Gasteiger partial charge on any atom is 0.329 e. The van der Waals surface area contributed by atoms with Gasteiger partial charge in [0.25, 0.3) is 5.91 Å². The number of anilines is 1. The van der Waals surface area contributed by atoms with Gasteiger partial charge in [0.05, 0.1) is 6.21 Å². The number of ether oxygens (including phenoxy) is 2. The Bertz CT molecular complexity index is 909. The lowest BCUT2D eigenvalue weighted by molar-refractivity contribution is -0.136. The molecule has 0 heterocycles. The summed E-state index contributed by atoms with van der Waals surface area (Å²) in [5.74, 6) is -1.51. The number of hydrogen-bond acceptors (Lipinski definition) is 6. The van der Waals surface area contributed by atoms with Crippen molar-refractivity contribution in [1.82, 2.24) is 5.43 Å². The second kappa shape index (κ2) is 10.9. The predicted molar refractivity (Wildman–Crippen MR) is 108 cm³/mol. The third-order valence-electron chi connectivity index (χ3n) is 3.34. The van der Waals surface area contributed by atoms with Gasteiger partial charge in [0.1, 0.15) is 18.1 Å². The van der Waals surface area contributed by atoms with E-state index in [1.54, 1.807) is 54.6 Å². The summed E-state index contributed by atoms with van der Waals surface area (Å²) in [5, 5.41) is 6.17. The van der Waals surface area contributed by atoms with Gasteiger partial charge in [-0.2, -0.15) is 5.10 Å². The molecule has 0 aliphatic rings.